The van der Waals surface area contributed by atoms with Gasteiger partial charge in [0.1, 0.15) is 6.54 Å². The maximum absolute atomic E-state index is 11.9. The molecule has 0 spiro atoms. The van der Waals surface area contributed by atoms with Gasteiger partial charge in [-0.05, 0) is 12.1 Å². The summed E-state index contributed by atoms with van der Waals surface area (Å²) in [5, 5.41) is 11.3. The number of carboxylic acid groups (broad SMARTS) is 1. The summed E-state index contributed by atoms with van der Waals surface area (Å²) < 4.78 is 4.44. The van der Waals surface area contributed by atoms with Crippen LogP contribution in [0.1, 0.15) is 6.42 Å². The van der Waals surface area contributed by atoms with Crippen LogP contribution in [0.2, 0.25) is 0 Å². The molecule has 7 nitrogen and oxygen atoms in total. The molecule has 0 bridgehead atoms. The summed E-state index contributed by atoms with van der Waals surface area (Å²) in [6.45, 7) is -0.386. The number of esters is 1. The Morgan fingerprint density at radius 3 is 2.45 bits per heavy atom. The molecule has 108 valence electrons. The van der Waals surface area contributed by atoms with Crippen molar-refractivity contribution in [3.05, 3.63) is 30.3 Å². The summed E-state index contributed by atoms with van der Waals surface area (Å²) in [7, 11) is 1.25. The highest BCUT2D eigenvalue weighted by Gasteiger charge is 2.18. The third kappa shape index (κ3) is 4.97. The lowest BCUT2D eigenvalue weighted by Gasteiger charge is -2.21. The number of methoxy groups -OCH3 is 1. The molecule has 0 fully saturated rings. The van der Waals surface area contributed by atoms with Crippen molar-refractivity contribution in [3.63, 3.8) is 0 Å². The van der Waals surface area contributed by atoms with Crippen LogP contribution in [-0.2, 0) is 14.3 Å². The first-order valence-electron chi connectivity index (χ1n) is 5.93. The average Bonchev–Trinajstić information content (AvgIpc) is 2.45. The number of aliphatic carboxylic acids is 1. The predicted molar refractivity (Wildman–Crippen MR) is 71.5 cm³/mol. The van der Waals surface area contributed by atoms with Gasteiger partial charge in [-0.1, -0.05) is 18.2 Å². The highest BCUT2D eigenvalue weighted by Crippen LogP contribution is 2.12. The number of carbonyl (C=O) groups is 3. The number of carboxylic acids is 1. The molecule has 1 aromatic carbocycles. The van der Waals surface area contributed by atoms with Gasteiger partial charge in [-0.15, -0.1) is 0 Å². The fourth-order valence-electron chi connectivity index (χ4n) is 1.49. The number of urea groups is 1. The monoisotopic (exact) mass is 280 g/mol. The van der Waals surface area contributed by atoms with Crippen molar-refractivity contribution in [3.8, 4) is 0 Å². The highest BCUT2D eigenvalue weighted by atomic mass is 16.5. The first-order chi connectivity index (χ1) is 9.54. The van der Waals surface area contributed by atoms with Crippen LogP contribution in [0.15, 0.2) is 30.3 Å². The van der Waals surface area contributed by atoms with Gasteiger partial charge in [0.15, 0.2) is 0 Å². The molecular formula is C13H16N2O5. The van der Waals surface area contributed by atoms with Gasteiger partial charge in [-0.2, -0.15) is 0 Å². The summed E-state index contributed by atoms with van der Waals surface area (Å²) >= 11 is 0. The standard InChI is InChI=1S/C13H16N2O5/c1-20-12(18)7-8-14-13(19)15(9-11(16)17)10-5-3-2-4-6-10/h2-6H,7-9H2,1H3,(H,14,19)(H,16,17). The van der Waals surface area contributed by atoms with Gasteiger partial charge < -0.3 is 15.2 Å². The normalized spacial score (nSPS) is 9.65. The molecule has 2 N–H and O–H groups in total. The number of rotatable bonds is 6. The molecule has 0 aliphatic carbocycles. The molecule has 0 heterocycles. The van der Waals surface area contributed by atoms with Crippen molar-refractivity contribution in [2.75, 3.05) is 25.1 Å². The second kappa shape index (κ2) is 7.78. The Morgan fingerprint density at radius 1 is 1.25 bits per heavy atom. The van der Waals surface area contributed by atoms with E-state index in [-0.39, 0.29) is 13.0 Å². The zero-order chi connectivity index (χ0) is 15.0. The Labute approximate surface area is 116 Å². The van der Waals surface area contributed by atoms with Gasteiger partial charge in [0, 0.05) is 12.2 Å². The number of ether oxygens (including phenoxy) is 1. The molecule has 1 aromatic rings. The lowest BCUT2D eigenvalue weighted by Crippen LogP contribution is -2.43. The zero-order valence-electron chi connectivity index (χ0n) is 11.0. The van der Waals surface area contributed by atoms with E-state index in [1.54, 1.807) is 30.3 Å². The number of amides is 2. The number of carbonyl (C=O) groups excluding carboxylic acids is 2. The third-order valence-corrected chi connectivity index (χ3v) is 2.44. The van der Waals surface area contributed by atoms with Crippen LogP contribution in [0.5, 0.6) is 0 Å². The number of hydrogen-bond donors (Lipinski definition) is 2. The lowest BCUT2D eigenvalue weighted by atomic mass is 10.3. The van der Waals surface area contributed by atoms with Gasteiger partial charge in [0.2, 0.25) is 0 Å². The summed E-state index contributed by atoms with van der Waals surface area (Å²) in [6.07, 6.45) is 0.0257. The second-order valence-electron chi connectivity index (χ2n) is 3.87. The number of hydrogen-bond acceptors (Lipinski definition) is 4. The Kier molecular flexibility index (Phi) is 6.02. The van der Waals surface area contributed by atoms with Gasteiger partial charge in [-0.25, -0.2) is 4.79 Å². The Morgan fingerprint density at radius 2 is 1.90 bits per heavy atom. The number of nitrogens with zero attached hydrogens (tertiary/aromatic N) is 1. The molecule has 0 radical (unpaired) electrons. The number of anilines is 1. The molecule has 0 saturated heterocycles. The second-order valence-corrected chi connectivity index (χ2v) is 3.87. The molecule has 0 saturated carbocycles. The minimum Gasteiger partial charge on any atom is -0.480 e. The van der Waals surface area contributed by atoms with Crippen LogP contribution in [0.3, 0.4) is 0 Å². The van der Waals surface area contributed by atoms with Crippen LogP contribution in [0.25, 0.3) is 0 Å². The molecule has 0 aliphatic heterocycles. The van der Waals surface area contributed by atoms with E-state index in [1.807, 2.05) is 0 Å². The van der Waals surface area contributed by atoms with E-state index in [0.717, 1.165) is 4.90 Å². The average molecular weight is 280 g/mol. The fourth-order valence-corrected chi connectivity index (χ4v) is 1.49. The van der Waals surface area contributed by atoms with Gasteiger partial charge in [0.05, 0.1) is 13.5 Å². The fraction of sp³-hybridized carbons (Fsp3) is 0.308. The SMILES string of the molecule is COC(=O)CCNC(=O)N(CC(=O)O)c1ccccc1. The minimum absolute atomic E-state index is 0.0257. The Hall–Kier alpha value is -2.57. The van der Waals surface area contributed by atoms with Gasteiger partial charge >= 0.3 is 18.0 Å². The van der Waals surface area contributed by atoms with Crippen molar-refractivity contribution >= 4 is 23.7 Å². The van der Waals surface area contributed by atoms with Crippen molar-refractivity contribution in [2.45, 2.75) is 6.42 Å². The van der Waals surface area contributed by atoms with Crippen molar-refractivity contribution < 1.29 is 24.2 Å². The smallest absolute Gasteiger partial charge is 0.323 e. The van der Waals surface area contributed by atoms with E-state index in [9.17, 15) is 14.4 Å². The largest absolute Gasteiger partial charge is 0.480 e. The Balaban J connectivity index is 2.66. The molecule has 0 atom stereocenters. The summed E-state index contributed by atoms with van der Waals surface area (Å²) in [5.74, 6) is -1.58. The van der Waals surface area contributed by atoms with E-state index in [2.05, 4.69) is 10.1 Å². The quantitative estimate of drug-likeness (QED) is 0.753. The van der Waals surface area contributed by atoms with Gasteiger partial charge in [0.25, 0.3) is 0 Å². The van der Waals surface area contributed by atoms with E-state index in [0.29, 0.717) is 5.69 Å². The van der Waals surface area contributed by atoms with Crippen LogP contribution in [-0.4, -0.2) is 43.3 Å². The number of benzene rings is 1. The van der Waals surface area contributed by atoms with Crippen LogP contribution in [0, 0.1) is 0 Å². The predicted octanol–water partition coefficient (Wildman–Crippen LogP) is 0.850. The number of nitrogens with one attached hydrogen (secondary N) is 1. The van der Waals surface area contributed by atoms with Crippen molar-refractivity contribution in [1.29, 1.82) is 0 Å². The van der Waals surface area contributed by atoms with E-state index >= 15 is 0 Å². The van der Waals surface area contributed by atoms with Crippen LogP contribution >= 0.6 is 0 Å². The van der Waals surface area contributed by atoms with Crippen LogP contribution < -0.4 is 10.2 Å². The molecule has 7 heteroatoms. The van der Waals surface area contributed by atoms with E-state index in [4.69, 9.17) is 5.11 Å². The van der Waals surface area contributed by atoms with Crippen molar-refractivity contribution in [2.24, 2.45) is 0 Å². The maximum atomic E-state index is 11.9. The zero-order valence-corrected chi connectivity index (χ0v) is 11.0. The molecule has 2 amide bonds. The summed E-state index contributed by atoms with van der Waals surface area (Å²) in [5.41, 5.74) is 0.463. The van der Waals surface area contributed by atoms with E-state index in [1.165, 1.54) is 7.11 Å². The lowest BCUT2D eigenvalue weighted by molar-refractivity contribution is -0.140. The molecule has 1 rings (SSSR count). The van der Waals surface area contributed by atoms with Gasteiger partial charge in [-0.3, -0.25) is 14.5 Å². The Bertz CT molecular complexity index is 475. The van der Waals surface area contributed by atoms with E-state index < -0.39 is 24.5 Å². The van der Waals surface area contributed by atoms with Crippen LogP contribution in [0.4, 0.5) is 10.5 Å². The summed E-state index contributed by atoms with van der Waals surface area (Å²) in [6, 6.07) is 7.84. The highest BCUT2D eigenvalue weighted by molar-refractivity contribution is 5.96. The molecule has 0 aliphatic rings. The number of para-hydroxylation sites is 1. The molecule has 0 aromatic heterocycles. The molecule has 0 unspecified atom stereocenters. The minimum atomic E-state index is -1.13. The first kappa shape index (κ1) is 15.5. The molecule has 20 heavy (non-hydrogen) atoms. The maximum Gasteiger partial charge on any atom is 0.323 e. The first-order valence-corrected chi connectivity index (χ1v) is 5.93. The third-order valence-electron chi connectivity index (χ3n) is 2.44. The topological polar surface area (TPSA) is 95.9 Å². The van der Waals surface area contributed by atoms with Crippen molar-refractivity contribution in [1.82, 2.24) is 5.32 Å². The summed E-state index contributed by atoms with van der Waals surface area (Å²) in [4.78, 5) is 34.8. The molecular weight excluding hydrogens is 264 g/mol.